The third-order valence-electron chi connectivity index (χ3n) is 13.0. The van der Waals surface area contributed by atoms with E-state index >= 15 is 0 Å². The van der Waals surface area contributed by atoms with Crippen LogP contribution in [0.25, 0.3) is 110 Å². The third kappa shape index (κ3) is 5.65. The van der Waals surface area contributed by atoms with Crippen molar-refractivity contribution in [3.8, 4) is 56.3 Å². The van der Waals surface area contributed by atoms with Crippen LogP contribution in [0.2, 0.25) is 0 Å². The van der Waals surface area contributed by atoms with Crippen molar-refractivity contribution in [2.45, 2.75) is 0 Å². The van der Waals surface area contributed by atoms with Gasteiger partial charge < -0.3 is 9.47 Å². The van der Waals surface area contributed by atoms with Gasteiger partial charge in [0.1, 0.15) is 0 Å². The lowest BCUT2D eigenvalue weighted by molar-refractivity contribution is 1.02. The molecule has 0 N–H and O–H groups in total. The lowest BCUT2D eigenvalue weighted by Gasteiger charge is -2.26. The van der Waals surface area contributed by atoms with Gasteiger partial charge in [-0.1, -0.05) is 152 Å². The molecular formula is C59H39N3. The summed E-state index contributed by atoms with van der Waals surface area (Å²) in [4.78, 5) is 2.34. The number of fused-ring (bicyclic) bond motifs is 9. The first-order chi connectivity index (χ1) is 30.6. The van der Waals surface area contributed by atoms with Gasteiger partial charge in [0.25, 0.3) is 0 Å². The number of benzene rings is 10. The van der Waals surface area contributed by atoms with Crippen LogP contribution < -0.4 is 4.90 Å². The fraction of sp³-hybridized carbons (Fsp3) is 0.0339. The molecule has 3 nitrogen and oxygen atoms in total. The van der Waals surface area contributed by atoms with Gasteiger partial charge in [0, 0.05) is 35.6 Å². The Bertz CT molecular complexity index is 3660. The molecular weight excluding hydrogens is 751 g/mol. The van der Waals surface area contributed by atoms with Gasteiger partial charge in [0.15, 0.2) is 0 Å². The minimum Gasteiger partial charge on any atom is -0.370 e. The standard InChI is InChI=1S/C59H39N3/c1-61-32-10-12-43-11-9-19-46(59(43)61)40-25-27-42(28-26-40)52-36-54-49-17-7-5-15-47(49)51(35-53(54)50-18-8-6-16-48(50)52)41-23-21-39(22-24-41)44-29-31-58-56(34-44)55-33-38(37-60)20-30-57(55)62(58)45-13-3-2-4-14-45/h2-31,33-36H,32H2,1H3. The molecule has 12 rings (SSSR count). The molecule has 0 radical (unpaired) electrons. The maximum atomic E-state index is 9.80. The van der Waals surface area contributed by atoms with Crippen LogP contribution in [0.3, 0.4) is 0 Å². The van der Waals surface area contributed by atoms with Crippen LogP contribution in [-0.2, 0) is 0 Å². The number of likely N-dealkylation sites (N-methyl/N-ethyl adjacent to an activating group) is 1. The van der Waals surface area contributed by atoms with Gasteiger partial charge in [0.05, 0.1) is 28.4 Å². The lowest BCUT2D eigenvalue weighted by atomic mass is 9.87. The van der Waals surface area contributed by atoms with Crippen LogP contribution in [0, 0.1) is 11.3 Å². The smallest absolute Gasteiger partial charge is 0.0991 e. The summed E-state index contributed by atoms with van der Waals surface area (Å²) in [6, 6.07) is 72.8. The van der Waals surface area contributed by atoms with Crippen molar-refractivity contribution in [2.75, 3.05) is 18.5 Å². The third-order valence-corrected chi connectivity index (χ3v) is 13.0. The first kappa shape index (κ1) is 35.7. The number of aromatic nitrogens is 1. The molecule has 0 bridgehead atoms. The van der Waals surface area contributed by atoms with Crippen molar-refractivity contribution in [2.24, 2.45) is 0 Å². The fourth-order valence-corrected chi connectivity index (χ4v) is 10.0. The molecule has 0 fully saturated rings. The average Bonchev–Trinajstić information content (AvgIpc) is 3.66. The van der Waals surface area contributed by atoms with Gasteiger partial charge in [-0.05, 0) is 131 Å². The molecule has 0 saturated heterocycles. The Morgan fingerprint density at radius 1 is 0.419 bits per heavy atom. The topological polar surface area (TPSA) is 32.0 Å². The summed E-state index contributed by atoms with van der Waals surface area (Å²) in [7, 11) is 2.17. The van der Waals surface area contributed by atoms with E-state index in [1.54, 1.807) is 0 Å². The van der Waals surface area contributed by atoms with Crippen molar-refractivity contribution < 1.29 is 0 Å². The molecule has 0 spiro atoms. The second kappa shape index (κ2) is 14.2. The molecule has 62 heavy (non-hydrogen) atoms. The molecule has 3 heteroatoms. The summed E-state index contributed by atoms with van der Waals surface area (Å²) in [5, 5.41) is 19.5. The maximum Gasteiger partial charge on any atom is 0.0991 e. The molecule has 0 amide bonds. The summed E-state index contributed by atoms with van der Waals surface area (Å²) < 4.78 is 2.29. The molecule has 0 aliphatic carbocycles. The van der Waals surface area contributed by atoms with Gasteiger partial charge >= 0.3 is 0 Å². The molecule has 10 aromatic carbocycles. The minimum atomic E-state index is 0.660. The largest absolute Gasteiger partial charge is 0.370 e. The van der Waals surface area contributed by atoms with Crippen LogP contribution in [0.1, 0.15) is 11.1 Å². The second-order valence-electron chi connectivity index (χ2n) is 16.5. The van der Waals surface area contributed by atoms with Gasteiger partial charge in [-0.15, -0.1) is 0 Å². The summed E-state index contributed by atoms with van der Waals surface area (Å²) in [6.07, 6.45) is 4.47. The fourth-order valence-electron chi connectivity index (χ4n) is 10.0. The highest BCUT2D eigenvalue weighted by Gasteiger charge is 2.19. The Labute approximate surface area is 360 Å². The van der Waals surface area contributed by atoms with Crippen LogP contribution in [-0.4, -0.2) is 18.2 Å². The number of anilines is 1. The van der Waals surface area contributed by atoms with E-state index in [1.807, 2.05) is 18.2 Å². The number of hydrogen-bond donors (Lipinski definition) is 0. The highest BCUT2D eigenvalue weighted by atomic mass is 15.1. The van der Waals surface area contributed by atoms with Crippen LogP contribution in [0.4, 0.5) is 5.69 Å². The van der Waals surface area contributed by atoms with E-state index in [0.29, 0.717) is 5.56 Å². The number of para-hydroxylation sites is 2. The summed E-state index contributed by atoms with van der Waals surface area (Å²) in [5.74, 6) is 0. The Balaban J connectivity index is 0.956. The summed E-state index contributed by atoms with van der Waals surface area (Å²) in [5.41, 5.74) is 16.1. The average molecular weight is 790 g/mol. The molecule has 290 valence electrons. The molecule has 1 aliphatic rings. The molecule has 2 heterocycles. The van der Waals surface area contributed by atoms with E-state index in [-0.39, 0.29) is 0 Å². The highest BCUT2D eigenvalue weighted by molar-refractivity contribution is 6.24. The number of nitriles is 1. The molecule has 1 aromatic heterocycles. The van der Waals surface area contributed by atoms with E-state index in [4.69, 9.17) is 0 Å². The molecule has 1 aliphatic heterocycles. The summed E-state index contributed by atoms with van der Waals surface area (Å²) in [6.45, 7) is 0.915. The van der Waals surface area contributed by atoms with Gasteiger partial charge in [-0.25, -0.2) is 0 Å². The Hall–Kier alpha value is -8.19. The minimum absolute atomic E-state index is 0.660. The first-order valence-corrected chi connectivity index (χ1v) is 21.2. The number of hydrogen-bond acceptors (Lipinski definition) is 2. The SMILES string of the molecule is CN1CC=Cc2cccc(-c3ccc(-c4cc5c6ccccc6c(-c6ccc(-c7ccc8c(c7)c7cc(C#N)ccc7n8-c7ccccc7)cc6)cc5c5ccccc45)cc3)c21. The summed E-state index contributed by atoms with van der Waals surface area (Å²) >= 11 is 0. The van der Waals surface area contributed by atoms with Crippen molar-refractivity contribution in [3.63, 3.8) is 0 Å². The molecule has 11 aromatic rings. The Morgan fingerprint density at radius 2 is 0.952 bits per heavy atom. The van der Waals surface area contributed by atoms with E-state index < -0.39 is 0 Å². The van der Waals surface area contributed by atoms with E-state index in [1.165, 1.54) is 76.9 Å². The number of nitrogens with zero attached hydrogens (tertiary/aromatic N) is 3. The van der Waals surface area contributed by atoms with Gasteiger partial charge in [-0.3, -0.25) is 0 Å². The maximum absolute atomic E-state index is 9.80. The van der Waals surface area contributed by atoms with E-state index in [9.17, 15) is 5.26 Å². The van der Waals surface area contributed by atoms with Crippen LogP contribution in [0.15, 0.2) is 200 Å². The van der Waals surface area contributed by atoms with E-state index in [0.717, 1.165) is 45.2 Å². The van der Waals surface area contributed by atoms with Gasteiger partial charge in [0.2, 0.25) is 0 Å². The highest BCUT2D eigenvalue weighted by Crippen LogP contribution is 2.44. The Morgan fingerprint density at radius 3 is 1.58 bits per heavy atom. The predicted octanol–water partition coefficient (Wildman–Crippen LogP) is 15.2. The monoisotopic (exact) mass is 789 g/mol. The molecule has 0 saturated carbocycles. The van der Waals surface area contributed by atoms with Gasteiger partial charge in [-0.2, -0.15) is 5.26 Å². The van der Waals surface area contributed by atoms with Crippen molar-refractivity contribution in [1.29, 1.82) is 5.26 Å². The zero-order valence-electron chi connectivity index (χ0n) is 34.2. The zero-order chi connectivity index (χ0) is 41.3. The van der Waals surface area contributed by atoms with Crippen molar-refractivity contribution >= 4 is 65.9 Å². The normalized spacial score (nSPS) is 12.4. The van der Waals surface area contributed by atoms with Crippen LogP contribution in [0.5, 0.6) is 0 Å². The predicted molar refractivity (Wildman–Crippen MR) is 262 cm³/mol. The lowest BCUT2D eigenvalue weighted by Crippen LogP contribution is -2.21. The Kier molecular flexibility index (Phi) is 8.20. The zero-order valence-corrected chi connectivity index (χ0v) is 34.2. The molecule has 0 unspecified atom stereocenters. The molecule has 0 atom stereocenters. The second-order valence-corrected chi connectivity index (χ2v) is 16.5. The van der Waals surface area contributed by atoms with Crippen molar-refractivity contribution in [1.82, 2.24) is 4.57 Å². The van der Waals surface area contributed by atoms with Crippen molar-refractivity contribution in [3.05, 3.63) is 211 Å². The quantitative estimate of drug-likeness (QED) is 0.163. The first-order valence-electron chi connectivity index (χ1n) is 21.2. The van der Waals surface area contributed by atoms with Crippen LogP contribution >= 0.6 is 0 Å². The van der Waals surface area contributed by atoms with E-state index in [2.05, 4.69) is 211 Å². The number of rotatable bonds is 5.